The summed E-state index contributed by atoms with van der Waals surface area (Å²) in [6.07, 6.45) is 0.289. The molecule has 2 rings (SSSR count). The number of nitrogens with one attached hydrogen (secondary N) is 2. The molecule has 1 unspecified atom stereocenters. The highest BCUT2D eigenvalue weighted by Gasteiger charge is 2.11. The van der Waals surface area contributed by atoms with Gasteiger partial charge in [-0.15, -0.1) is 36.2 Å². The zero-order valence-electron chi connectivity index (χ0n) is 12.8. The quantitative estimate of drug-likeness (QED) is 0.785. The van der Waals surface area contributed by atoms with E-state index in [2.05, 4.69) is 15.6 Å². The van der Waals surface area contributed by atoms with Crippen LogP contribution in [0.2, 0.25) is 5.02 Å². The summed E-state index contributed by atoms with van der Waals surface area (Å²) in [6, 6.07) is 7.83. The van der Waals surface area contributed by atoms with Gasteiger partial charge in [0.1, 0.15) is 5.01 Å². The van der Waals surface area contributed by atoms with Gasteiger partial charge in [0.2, 0.25) is 5.91 Å². The molecule has 0 saturated carbocycles. The molecule has 4 nitrogen and oxygen atoms in total. The summed E-state index contributed by atoms with van der Waals surface area (Å²) >= 11 is 7.65. The molecule has 0 bridgehead atoms. The zero-order valence-corrected chi connectivity index (χ0v) is 16.0. The molecule has 0 saturated heterocycles. The molecule has 1 aromatic carbocycles. The molecule has 1 atom stereocenters. The maximum Gasteiger partial charge on any atom is 0.226 e. The molecule has 8 heteroatoms. The minimum atomic E-state index is -0.0203. The van der Waals surface area contributed by atoms with Crippen molar-refractivity contribution in [1.29, 1.82) is 0 Å². The molecule has 2 aromatic rings. The summed E-state index contributed by atoms with van der Waals surface area (Å²) in [5.41, 5.74) is 1.67. The van der Waals surface area contributed by atoms with Crippen LogP contribution < -0.4 is 10.6 Å². The summed E-state index contributed by atoms with van der Waals surface area (Å²) in [7, 11) is 1.87. The highest BCUT2D eigenvalue weighted by Crippen LogP contribution is 2.30. The number of hydrogen-bond acceptors (Lipinski definition) is 4. The van der Waals surface area contributed by atoms with Crippen molar-refractivity contribution >= 4 is 53.7 Å². The average molecular weight is 397 g/mol. The molecule has 0 fully saturated rings. The number of thiazole rings is 1. The van der Waals surface area contributed by atoms with Gasteiger partial charge in [0.05, 0.1) is 17.1 Å². The smallest absolute Gasteiger partial charge is 0.226 e. The molecule has 23 heavy (non-hydrogen) atoms. The number of aromatic nitrogens is 1. The van der Waals surface area contributed by atoms with Gasteiger partial charge >= 0.3 is 0 Å². The second-order valence-corrected chi connectivity index (χ2v) is 6.06. The van der Waals surface area contributed by atoms with Gasteiger partial charge in [-0.25, -0.2) is 4.98 Å². The number of carbonyl (C=O) groups excluding carboxylic acids is 1. The second kappa shape index (κ2) is 10.8. The van der Waals surface area contributed by atoms with Gasteiger partial charge in [0.15, 0.2) is 0 Å². The number of nitrogens with zero attached hydrogens (tertiary/aromatic N) is 1. The van der Waals surface area contributed by atoms with Gasteiger partial charge in [0.25, 0.3) is 0 Å². The van der Waals surface area contributed by atoms with E-state index in [0.29, 0.717) is 11.6 Å². The zero-order chi connectivity index (χ0) is 15.2. The predicted molar refractivity (Wildman–Crippen MR) is 102 cm³/mol. The molecule has 0 radical (unpaired) electrons. The maximum absolute atomic E-state index is 11.8. The molecule has 1 aromatic heterocycles. The lowest BCUT2D eigenvalue weighted by Crippen LogP contribution is -2.37. The van der Waals surface area contributed by atoms with Crippen LogP contribution in [0.1, 0.15) is 12.6 Å². The average Bonchev–Trinajstić information content (AvgIpc) is 2.93. The molecular formula is C15H20Cl3N3OS. The number of halogens is 3. The molecule has 0 spiro atoms. The van der Waals surface area contributed by atoms with E-state index in [1.807, 2.05) is 43.6 Å². The van der Waals surface area contributed by atoms with Gasteiger partial charge in [-0.3, -0.25) is 4.79 Å². The van der Waals surface area contributed by atoms with Crippen molar-refractivity contribution in [3.05, 3.63) is 40.4 Å². The highest BCUT2D eigenvalue weighted by atomic mass is 35.5. The first-order chi connectivity index (χ1) is 10.1. The molecule has 0 aliphatic carbocycles. The van der Waals surface area contributed by atoms with Crippen molar-refractivity contribution in [2.24, 2.45) is 0 Å². The Kier molecular flexibility index (Phi) is 10.4. The van der Waals surface area contributed by atoms with Crippen LogP contribution >= 0.6 is 47.8 Å². The first kappa shape index (κ1) is 22.2. The van der Waals surface area contributed by atoms with Gasteiger partial charge in [0, 0.05) is 23.5 Å². The van der Waals surface area contributed by atoms with Gasteiger partial charge in [-0.1, -0.05) is 29.8 Å². The van der Waals surface area contributed by atoms with Crippen LogP contribution in [-0.4, -0.2) is 30.5 Å². The normalized spacial score (nSPS) is 11.1. The van der Waals surface area contributed by atoms with Crippen molar-refractivity contribution in [2.45, 2.75) is 19.4 Å². The third-order valence-corrected chi connectivity index (χ3v) is 4.35. The minimum Gasteiger partial charge on any atom is -0.354 e. The van der Waals surface area contributed by atoms with E-state index in [1.54, 1.807) is 0 Å². The predicted octanol–water partition coefficient (Wildman–Crippen LogP) is 3.57. The summed E-state index contributed by atoms with van der Waals surface area (Å²) in [5, 5.41) is 9.37. The molecule has 0 aliphatic rings. The number of amides is 1. The summed E-state index contributed by atoms with van der Waals surface area (Å²) in [5.74, 6) is -0.0203. The third-order valence-electron chi connectivity index (χ3n) is 3.10. The lowest BCUT2D eigenvalue weighted by atomic mass is 10.2. The van der Waals surface area contributed by atoms with Crippen molar-refractivity contribution in [1.82, 2.24) is 15.6 Å². The van der Waals surface area contributed by atoms with Crippen molar-refractivity contribution in [3.8, 4) is 10.6 Å². The van der Waals surface area contributed by atoms with E-state index in [1.165, 1.54) is 11.3 Å². The van der Waals surface area contributed by atoms with Crippen LogP contribution in [0.5, 0.6) is 0 Å². The number of hydrogen-bond donors (Lipinski definition) is 2. The summed E-state index contributed by atoms with van der Waals surface area (Å²) in [4.78, 5) is 16.3. The van der Waals surface area contributed by atoms with Crippen LogP contribution in [0.15, 0.2) is 29.6 Å². The fraction of sp³-hybridized carbons (Fsp3) is 0.333. The van der Waals surface area contributed by atoms with Crippen molar-refractivity contribution in [3.63, 3.8) is 0 Å². The van der Waals surface area contributed by atoms with E-state index in [-0.39, 0.29) is 43.2 Å². The van der Waals surface area contributed by atoms with Gasteiger partial charge in [-0.2, -0.15) is 0 Å². The van der Waals surface area contributed by atoms with Crippen LogP contribution in [0.3, 0.4) is 0 Å². The van der Waals surface area contributed by atoms with Gasteiger partial charge in [-0.05, 0) is 20.0 Å². The Labute approximate surface area is 157 Å². The van der Waals surface area contributed by atoms with Crippen LogP contribution in [0.4, 0.5) is 0 Å². The lowest BCUT2D eigenvalue weighted by molar-refractivity contribution is -0.120. The highest BCUT2D eigenvalue weighted by molar-refractivity contribution is 7.13. The van der Waals surface area contributed by atoms with Crippen molar-refractivity contribution in [2.75, 3.05) is 13.6 Å². The van der Waals surface area contributed by atoms with Gasteiger partial charge < -0.3 is 10.6 Å². The SMILES string of the molecule is CNC(C)CNC(=O)Cc1csc(-c2ccccc2Cl)n1.Cl.Cl. The van der Waals surface area contributed by atoms with E-state index in [0.717, 1.165) is 16.3 Å². The van der Waals surface area contributed by atoms with E-state index in [9.17, 15) is 4.79 Å². The Morgan fingerprint density at radius 3 is 2.70 bits per heavy atom. The molecular weight excluding hydrogens is 377 g/mol. The number of likely N-dealkylation sites (N-methyl/N-ethyl adjacent to an activating group) is 1. The van der Waals surface area contributed by atoms with Crippen LogP contribution in [0, 0.1) is 0 Å². The monoisotopic (exact) mass is 395 g/mol. The topological polar surface area (TPSA) is 54.0 Å². The third kappa shape index (κ3) is 6.65. The maximum atomic E-state index is 11.8. The Morgan fingerprint density at radius 2 is 2.04 bits per heavy atom. The fourth-order valence-electron chi connectivity index (χ4n) is 1.74. The Balaban J connectivity index is 0.00000242. The largest absolute Gasteiger partial charge is 0.354 e. The summed E-state index contributed by atoms with van der Waals surface area (Å²) in [6.45, 7) is 2.62. The molecule has 0 aliphatic heterocycles. The molecule has 128 valence electrons. The van der Waals surface area contributed by atoms with Crippen LogP contribution in [0.25, 0.3) is 10.6 Å². The van der Waals surface area contributed by atoms with E-state index < -0.39 is 0 Å². The van der Waals surface area contributed by atoms with E-state index >= 15 is 0 Å². The first-order valence-corrected chi connectivity index (χ1v) is 7.99. The summed E-state index contributed by atoms with van der Waals surface area (Å²) < 4.78 is 0. The van der Waals surface area contributed by atoms with E-state index in [4.69, 9.17) is 11.6 Å². The van der Waals surface area contributed by atoms with Crippen LogP contribution in [-0.2, 0) is 11.2 Å². The number of rotatable bonds is 6. The Morgan fingerprint density at radius 1 is 1.35 bits per heavy atom. The molecule has 1 amide bonds. The standard InChI is InChI=1S/C15H18ClN3OS.2ClH/c1-10(17-2)8-18-14(20)7-11-9-21-15(19-11)12-5-3-4-6-13(12)16;;/h3-6,9-10,17H,7-8H2,1-2H3,(H,18,20);2*1H. The minimum absolute atomic E-state index is 0. The fourth-order valence-corrected chi connectivity index (χ4v) is 2.88. The molecule has 2 N–H and O–H groups in total. The second-order valence-electron chi connectivity index (χ2n) is 4.79. The Hall–Kier alpha value is -0.850. The lowest BCUT2D eigenvalue weighted by Gasteiger charge is -2.10. The number of carbonyl (C=O) groups is 1. The number of benzene rings is 1. The van der Waals surface area contributed by atoms with Crippen molar-refractivity contribution < 1.29 is 4.79 Å². The first-order valence-electron chi connectivity index (χ1n) is 6.73. The Bertz CT molecular complexity index is 622. The molecule has 1 heterocycles.